The molecule has 1 amide bonds. The summed E-state index contributed by atoms with van der Waals surface area (Å²) in [5.74, 6) is 0.173. The minimum atomic E-state index is -0.859. The summed E-state index contributed by atoms with van der Waals surface area (Å²) in [5, 5.41) is 24.1. The third-order valence-corrected chi connectivity index (χ3v) is 3.40. The number of carbonyl (C=O) groups is 1. The molecule has 0 saturated heterocycles. The lowest BCUT2D eigenvalue weighted by atomic mass is 10.2. The average Bonchev–Trinajstić information content (AvgIpc) is 2.64. The Morgan fingerprint density at radius 1 is 1.33 bits per heavy atom. The molecule has 0 heterocycles. The quantitative estimate of drug-likeness (QED) is 0.416. The largest absolute Gasteiger partial charge is 0.504 e. The van der Waals surface area contributed by atoms with E-state index in [9.17, 15) is 20.0 Å². The summed E-state index contributed by atoms with van der Waals surface area (Å²) < 4.78 is 10.7. The molecular formula is C18H19N3O6. The first-order valence-corrected chi connectivity index (χ1v) is 8.10. The standard InChI is InChI=1S/C18H19N3O6/c1-3-26-17-10-13(4-9-16(17)22)11-19-20-18(23)12(2)27-15-7-5-14(6-8-15)21(24)25/h4-12,22H,3H2,1-2H3,(H,20,23)/b19-11-/t12-/m0/s1. The fourth-order valence-corrected chi connectivity index (χ4v) is 2.05. The monoisotopic (exact) mass is 373 g/mol. The molecule has 0 aliphatic rings. The van der Waals surface area contributed by atoms with Gasteiger partial charge in [-0.2, -0.15) is 5.10 Å². The first kappa shape index (κ1) is 19.7. The smallest absolute Gasteiger partial charge is 0.280 e. The number of nitrogens with zero attached hydrogens (tertiary/aromatic N) is 2. The number of aromatic hydroxyl groups is 1. The fourth-order valence-electron chi connectivity index (χ4n) is 2.05. The molecule has 2 N–H and O–H groups in total. The number of hydrogen-bond donors (Lipinski definition) is 2. The summed E-state index contributed by atoms with van der Waals surface area (Å²) in [4.78, 5) is 22.1. The highest BCUT2D eigenvalue weighted by Crippen LogP contribution is 2.26. The van der Waals surface area contributed by atoms with Gasteiger partial charge in [-0.25, -0.2) is 5.43 Å². The molecule has 0 saturated carbocycles. The number of phenolic OH excluding ortho intramolecular Hbond substituents is 1. The van der Waals surface area contributed by atoms with E-state index in [1.807, 2.05) is 0 Å². The van der Waals surface area contributed by atoms with Crippen molar-refractivity contribution < 1.29 is 24.3 Å². The van der Waals surface area contributed by atoms with E-state index < -0.39 is 16.9 Å². The van der Waals surface area contributed by atoms with Gasteiger partial charge in [-0.1, -0.05) is 0 Å². The predicted octanol–water partition coefficient (Wildman–Crippen LogP) is 2.62. The minimum Gasteiger partial charge on any atom is -0.504 e. The molecule has 142 valence electrons. The van der Waals surface area contributed by atoms with Crippen molar-refractivity contribution in [3.8, 4) is 17.2 Å². The molecule has 0 aliphatic heterocycles. The van der Waals surface area contributed by atoms with Gasteiger partial charge < -0.3 is 14.6 Å². The Balaban J connectivity index is 1.91. The molecule has 0 fully saturated rings. The minimum absolute atomic E-state index is 0.0168. The van der Waals surface area contributed by atoms with Crippen LogP contribution in [0.25, 0.3) is 0 Å². The van der Waals surface area contributed by atoms with Crippen molar-refractivity contribution in [1.29, 1.82) is 0 Å². The normalized spacial score (nSPS) is 11.8. The van der Waals surface area contributed by atoms with Crippen LogP contribution in [0.15, 0.2) is 47.6 Å². The SMILES string of the molecule is CCOc1cc(/C=N\NC(=O)[C@H](C)Oc2ccc([N+](=O)[O-])cc2)ccc1O. The van der Waals surface area contributed by atoms with Crippen molar-refractivity contribution in [2.75, 3.05) is 6.61 Å². The maximum absolute atomic E-state index is 12.0. The Labute approximate surface area is 155 Å². The predicted molar refractivity (Wildman–Crippen MR) is 98.2 cm³/mol. The van der Waals surface area contributed by atoms with Crippen LogP contribution < -0.4 is 14.9 Å². The molecular weight excluding hydrogens is 354 g/mol. The van der Waals surface area contributed by atoms with Gasteiger partial charge in [0.15, 0.2) is 17.6 Å². The third kappa shape index (κ3) is 5.70. The number of amides is 1. The van der Waals surface area contributed by atoms with Crippen LogP contribution in [0.2, 0.25) is 0 Å². The van der Waals surface area contributed by atoms with E-state index in [1.165, 1.54) is 43.5 Å². The van der Waals surface area contributed by atoms with E-state index in [4.69, 9.17) is 9.47 Å². The summed E-state index contributed by atoms with van der Waals surface area (Å²) in [6, 6.07) is 10.1. The molecule has 0 spiro atoms. The van der Waals surface area contributed by atoms with E-state index in [0.29, 0.717) is 23.7 Å². The number of nitro groups is 1. The Bertz CT molecular complexity index is 835. The second-order valence-electron chi connectivity index (χ2n) is 5.41. The highest BCUT2D eigenvalue weighted by Gasteiger charge is 2.14. The van der Waals surface area contributed by atoms with Crippen LogP contribution in [0, 0.1) is 10.1 Å². The number of carbonyl (C=O) groups excluding carboxylic acids is 1. The Kier molecular flexibility index (Phi) is 6.70. The van der Waals surface area contributed by atoms with Crippen molar-refractivity contribution in [3.05, 3.63) is 58.1 Å². The molecule has 2 rings (SSSR count). The van der Waals surface area contributed by atoms with Crippen LogP contribution in [-0.2, 0) is 4.79 Å². The number of hydrogen-bond acceptors (Lipinski definition) is 7. The number of hydrazone groups is 1. The van der Waals surface area contributed by atoms with Crippen molar-refractivity contribution in [1.82, 2.24) is 5.43 Å². The second-order valence-corrected chi connectivity index (χ2v) is 5.41. The van der Waals surface area contributed by atoms with Gasteiger partial charge in [-0.3, -0.25) is 14.9 Å². The molecule has 0 radical (unpaired) electrons. The summed E-state index contributed by atoms with van der Waals surface area (Å²) >= 11 is 0. The maximum atomic E-state index is 12.0. The molecule has 2 aromatic rings. The molecule has 9 nitrogen and oxygen atoms in total. The highest BCUT2D eigenvalue weighted by molar-refractivity contribution is 5.84. The molecule has 0 unspecified atom stereocenters. The summed E-state index contributed by atoms with van der Waals surface area (Å²) in [6.07, 6.45) is 0.542. The van der Waals surface area contributed by atoms with Crippen molar-refractivity contribution in [2.45, 2.75) is 20.0 Å². The zero-order valence-electron chi connectivity index (χ0n) is 14.8. The van der Waals surface area contributed by atoms with E-state index in [0.717, 1.165) is 0 Å². The molecule has 2 aromatic carbocycles. The van der Waals surface area contributed by atoms with Gasteiger partial charge in [-0.05, 0) is 49.7 Å². The summed E-state index contributed by atoms with van der Waals surface area (Å²) in [6.45, 7) is 3.73. The number of ether oxygens (including phenoxy) is 2. The molecule has 9 heteroatoms. The number of nitrogens with one attached hydrogen (secondary N) is 1. The summed E-state index contributed by atoms with van der Waals surface area (Å²) in [5.41, 5.74) is 2.90. The van der Waals surface area contributed by atoms with E-state index >= 15 is 0 Å². The van der Waals surface area contributed by atoms with Crippen LogP contribution >= 0.6 is 0 Å². The molecule has 0 bridgehead atoms. The van der Waals surface area contributed by atoms with E-state index in [1.54, 1.807) is 19.1 Å². The lowest BCUT2D eigenvalue weighted by Crippen LogP contribution is -2.33. The number of non-ortho nitro benzene ring substituents is 1. The van der Waals surface area contributed by atoms with E-state index in [2.05, 4.69) is 10.5 Å². The van der Waals surface area contributed by atoms with Crippen molar-refractivity contribution in [3.63, 3.8) is 0 Å². The number of rotatable bonds is 8. The van der Waals surface area contributed by atoms with Gasteiger partial charge in [0, 0.05) is 12.1 Å². The summed E-state index contributed by atoms with van der Waals surface area (Å²) in [7, 11) is 0. The zero-order valence-corrected chi connectivity index (χ0v) is 14.8. The first-order valence-electron chi connectivity index (χ1n) is 8.10. The average molecular weight is 373 g/mol. The Morgan fingerprint density at radius 3 is 2.67 bits per heavy atom. The van der Waals surface area contributed by atoms with Crippen LogP contribution in [0.1, 0.15) is 19.4 Å². The van der Waals surface area contributed by atoms with Crippen LogP contribution in [0.4, 0.5) is 5.69 Å². The van der Waals surface area contributed by atoms with Gasteiger partial charge in [0.2, 0.25) is 0 Å². The second kappa shape index (κ2) is 9.18. The van der Waals surface area contributed by atoms with Gasteiger partial charge in [0.1, 0.15) is 5.75 Å². The van der Waals surface area contributed by atoms with Gasteiger partial charge >= 0.3 is 0 Å². The van der Waals surface area contributed by atoms with Gasteiger partial charge in [0.25, 0.3) is 11.6 Å². The third-order valence-electron chi connectivity index (χ3n) is 3.40. The highest BCUT2D eigenvalue weighted by atomic mass is 16.6. The fraction of sp³-hybridized carbons (Fsp3) is 0.222. The number of nitro benzene ring substituents is 1. The molecule has 1 atom stereocenters. The van der Waals surface area contributed by atoms with Crippen molar-refractivity contribution in [2.24, 2.45) is 5.10 Å². The lowest BCUT2D eigenvalue weighted by Gasteiger charge is -2.12. The molecule has 27 heavy (non-hydrogen) atoms. The topological polar surface area (TPSA) is 123 Å². The van der Waals surface area contributed by atoms with Crippen LogP contribution in [0.5, 0.6) is 17.2 Å². The van der Waals surface area contributed by atoms with Gasteiger partial charge in [-0.15, -0.1) is 0 Å². The molecule has 0 aliphatic carbocycles. The lowest BCUT2D eigenvalue weighted by molar-refractivity contribution is -0.384. The van der Waals surface area contributed by atoms with E-state index in [-0.39, 0.29) is 11.4 Å². The van der Waals surface area contributed by atoms with Gasteiger partial charge in [0.05, 0.1) is 17.7 Å². The van der Waals surface area contributed by atoms with Crippen molar-refractivity contribution >= 4 is 17.8 Å². The first-order chi connectivity index (χ1) is 12.9. The number of benzene rings is 2. The number of phenols is 1. The molecule has 0 aromatic heterocycles. The zero-order chi connectivity index (χ0) is 19.8. The van der Waals surface area contributed by atoms with Crippen LogP contribution in [0.3, 0.4) is 0 Å². The Morgan fingerprint density at radius 2 is 2.04 bits per heavy atom. The van der Waals surface area contributed by atoms with Crippen LogP contribution in [-0.4, -0.2) is 34.9 Å². The maximum Gasteiger partial charge on any atom is 0.280 e. The Hall–Kier alpha value is -3.62.